The predicted molar refractivity (Wildman–Crippen MR) is 122 cm³/mol. The quantitative estimate of drug-likeness (QED) is 0.335. The van der Waals surface area contributed by atoms with Gasteiger partial charge in [-0.15, -0.1) is 0 Å². The van der Waals surface area contributed by atoms with E-state index in [1.54, 1.807) is 12.2 Å². The molecule has 0 bridgehead atoms. The molecule has 3 saturated carbocycles. The van der Waals surface area contributed by atoms with Crippen molar-refractivity contribution in [1.29, 1.82) is 0 Å². The van der Waals surface area contributed by atoms with Gasteiger partial charge < -0.3 is 14.6 Å². The number of hydrogen-bond donors (Lipinski definition) is 1. The van der Waals surface area contributed by atoms with Crippen LogP contribution < -0.4 is 0 Å². The minimum Gasteiger partial charge on any atom is -0.463 e. The zero-order valence-electron chi connectivity index (χ0n) is 19.4. The van der Waals surface area contributed by atoms with E-state index in [0.717, 1.165) is 12.0 Å². The third-order valence-corrected chi connectivity index (χ3v) is 11.2. The fourth-order valence-corrected chi connectivity index (χ4v) is 8.80. The highest BCUT2D eigenvalue weighted by Gasteiger charge is 2.75. The highest BCUT2D eigenvalue weighted by molar-refractivity contribution is 9.10. The van der Waals surface area contributed by atoms with Crippen LogP contribution in [0.4, 0.5) is 0 Å². The van der Waals surface area contributed by atoms with Crippen molar-refractivity contribution in [3.63, 3.8) is 0 Å². The number of esters is 1. The van der Waals surface area contributed by atoms with Gasteiger partial charge in [-0.2, -0.15) is 0 Å². The normalized spacial score (nSPS) is 45.9. The van der Waals surface area contributed by atoms with Gasteiger partial charge in [0, 0.05) is 17.8 Å². The molecule has 2 unspecified atom stereocenters. The van der Waals surface area contributed by atoms with Crippen LogP contribution >= 0.6 is 15.9 Å². The van der Waals surface area contributed by atoms with E-state index in [-0.39, 0.29) is 30.0 Å². The third-order valence-electron chi connectivity index (χ3n) is 9.25. The van der Waals surface area contributed by atoms with Crippen molar-refractivity contribution in [1.82, 2.24) is 0 Å². The summed E-state index contributed by atoms with van der Waals surface area (Å²) in [5.74, 6) is -1.59. The molecule has 4 rings (SSSR count). The fourth-order valence-electron chi connectivity index (χ4n) is 7.60. The number of hydrogen-bond acceptors (Lipinski definition) is 7. The van der Waals surface area contributed by atoms with Crippen molar-refractivity contribution >= 4 is 39.9 Å². The van der Waals surface area contributed by atoms with E-state index in [9.17, 15) is 24.3 Å². The van der Waals surface area contributed by atoms with Gasteiger partial charge in [0.15, 0.2) is 12.4 Å². The van der Waals surface area contributed by atoms with Gasteiger partial charge in [0.1, 0.15) is 11.7 Å². The molecule has 33 heavy (non-hydrogen) atoms. The lowest BCUT2D eigenvalue weighted by Crippen LogP contribution is -2.69. The first-order chi connectivity index (χ1) is 15.4. The Kier molecular flexibility index (Phi) is 5.80. The molecule has 0 heterocycles. The molecule has 0 amide bonds. The SMILES string of the molecule is CC(=O)OCC(=O)[C@@]1(O)[C@@H](C)CC2C3CCC4=CC(=O)C=C[C@]4(C)[C@@]3(Br)[C@@H](OC=O)C[C@@]21C. The van der Waals surface area contributed by atoms with Crippen LogP contribution in [-0.4, -0.2) is 51.8 Å². The standard InChI is InChI=1S/C25H31BrO7/c1-14-9-19-18-6-5-16-10-17(29)7-8-22(16,3)24(18,26)21(33-13-27)11-23(19,4)25(14,31)20(30)12-32-15(2)28/h7-8,10,13-14,18-19,21,31H,5-6,9,11-12H2,1-4H3/t14-,18?,19?,21-,22-,23-,24-,25-/m0/s1. The number of alkyl halides is 1. The molecule has 8 heteroatoms. The second-order valence-electron chi connectivity index (χ2n) is 10.6. The Morgan fingerprint density at radius 1 is 1.30 bits per heavy atom. The van der Waals surface area contributed by atoms with E-state index in [2.05, 4.69) is 22.9 Å². The summed E-state index contributed by atoms with van der Waals surface area (Å²) in [6, 6.07) is 0. The van der Waals surface area contributed by atoms with Crippen LogP contribution in [0.2, 0.25) is 0 Å². The summed E-state index contributed by atoms with van der Waals surface area (Å²) in [5.41, 5.74) is -2.17. The van der Waals surface area contributed by atoms with Crippen LogP contribution in [0.5, 0.6) is 0 Å². The van der Waals surface area contributed by atoms with Crippen molar-refractivity contribution in [3.8, 4) is 0 Å². The highest BCUT2D eigenvalue weighted by Crippen LogP contribution is 2.72. The second kappa shape index (κ2) is 7.87. The molecular weight excluding hydrogens is 492 g/mol. The first-order valence-corrected chi connectivity index (χ1v) is 12.3. The molecule has 8 atom stereocenters. The molecule has 0 radical (unpaired) electrons. The maximum absolute atomic E-state index is 13.3. The summed E-state index contributed by atoms with van der Waals surface area (Å²) >= 11 is 4.04. The average Bonchev–Trinajstić information content (AvgIpc) is 2.95. The van der Waals surface area contributed by atoms with Crippen molar-refractivity contribution < 1.29 is 33.8 Å². The lowest BCUT2D eigenvalue weighted by molar-refractivity contribution is -0.185. The smallest absolute Gasteiger partial charge is 0.303 e. The van der Waals surface area contributed by atoms with E-state index in [1.165, 1.54) is 6.92 Å². The Morgan fingerprint density at radius 3 is 2.64 bits per heavy atom. The topological polar surface area (TPSA) is 107 Å². The van der Waals surface area contributed by atoms with E-state index in [1.807, 2.05) is 19.9 Å². The summed E-state index contributed by atoms with van der Waals surface area (Å²) in [4.78, 5) is 48.3. The van der Waals surface area contributed by atoms with E-state index in [4.69, 9.17) is 9.47 Å². The fraction of sp³-hybridized carbons (Fsp3) is 0.680. The van der Waals surface area contributed by atoms with Crippen molar-refractivity contribution in [3.05, 3.63) is 23.8 Å². The minimum absolute atomic E-state index is 0.0285. The van der Waals surface area contributed by atoms with E-state index >= 15 is 0 Å². The Hall–Kier alpha value is -1.80. The van der Waals surface area contributed by atoms with Gasteiger partial charge in [-0.25, -0.2) is 0 Å². The van der Waals surface area contributed by atoms with Gasteiger partial charge in [-0.3, -0.25) is 19.2 Å². The maximum atomic E-state index is 13.3. The summed E-state index contributed by atoms with van der Waals surface area (Å²) in [6.45, 7) is 6.97. The van der Waals surface area contributed by atoms with Gasteiger partial charge in [-0.1, -0.05) is 48.4 Å². The first kappa shape index (κ1) is 24.3. The van der Waals surface area contributed by atoms with Crippen LogP contribution in [0.3, 0.4) is 0 Å². The molecule has 7 nitrogen and oxygen atoms in total. The molecular formula is C25H31BrO7. The van der Waals surface area contributed by atoms with Gasteiger partial charge in [0.25, 0.3) is 6.47 Å². The lowest BCUT2D eigenvalue weighted by Gasteiger charge is -2.64. The number of ketones is 2. The highest BCUT2D eigenvalue weighted by atomic mass is 79.9. The molecule has 0 aliphatic heterocycles. The Bertz CT molecular complexity index is 972. The average molecular weight is 523 g/mol. The summed E-state index contributed by atoms with van der Waals surface area (Å²) in [7, 11) is 0. The number of aliphatic hydroxyl groups is 1. The van der Waals surface area contributed by atoms with Crippen LogP contribution in [0.1, 0.15) is 53.4 Å². The van der Waals surface area contributed by atoms with Crippen LogP contribution in [0.25, 0.3) is 0 Å². The number of Topliss-reactive ketones (excluding diaryl/α,β-unsaturated/α-hetero) is 1. The van der Waals surface area contributed by atoms with Crippen LogP contribution in [0.15, 0.2) is 23.8 Å². The van der Waals surface area contributed by atoms with E-state index in [0.29, 0.717) is 19.3 Å². The predicted octanol–water partition coefficient (Wildman–Crippen LogP) is 3.07. The third kappa shape index (κ3) is 3.09. The number of halogens is 1. The van der Waals surface area contributed by atoms with Gasteiger partial charge >= 0.3 is 5.97 Å². The molecule has 0 spiro atoms. The number of allylic oxidation sites excluding steroid dienone is 4. The zero-order chi connectivity index (χ0) is 24.4. The maximum Gasteiger partial charge on any atom is 0.303 e. The number of fused-ring (bicyclic) bond motifs is 5. The Labute approximate surface area is 202 Å². The Balaban J connectivity index is 1.81. The number of rotatable bonds is 5. The van der Waals surface area contributed by atoms with Crippen molar-refractivity contribution in [2.45, 2.75) is 69.4 Å². The molecule has 3 fully saturated rings. The lowest BCUT2D eigenvalue weighted by atomic mass is 9.46. The summed E-state index contributed by atoms with van der Waals surface area (Å²) in [5, 5.41) is 11.9. The van der Waals surface area contributed by atoms with Crippen molar-refractivity contribution in [2.24, 2.45) is 28.6 Å². The summed E-state index contributed by atoms with van der Waals surface area (Å²) in [6.07, 6.45) is 6.82. The van der Waals surface area contributed by atoms with Gasteiger partial charge in [-0.05, 0) is 55.6 Å². The molecule has 0 aromatic heterocycles. The van der Waals surface area contributed by atoms with Crippen molar-refractivity contribution in [2.75, 3.05) is 6.61 Å². The first-order valence-electron chi connectivity index (χ1n) is 11.5. The van der Waals surface area contributed by atoms with Gasteiger partial charge in [0.05, 0.1) is 4.32 Å². The zero-order valence-corrected chi connectivity index (χ0v) is 21.0. The molecule has 0 aromatic carbocycles. The largest absolute Gasteiger partial charge is 0.463 e. The second-order valence-corrected chi connectivity index (χ2v) is 11.9. The molecule has 1 N–H and O–H groups in total. The monoisotopic (exact) mass is 522 g/mol. The number of carbonyl (C=O) groups is 4. The molecule has 4 aliphatic carbocycles. The summed E-state index contributed by atoms with van der Waals surface area (Å²) < 4.78 is 9.96. The molecule has 4 aliphatic rings. The van der Waals surface area contributed by atoms with E-state index < -0.39 is 45.2 Å². The van der Waals surface area contributed by atoms with Gasteiger partial charge in [0.2, 0.25) is 5.78 Å². The minimum atomic E-state index is -1.72. The molecule has 180 valence electrons. The van der Waals surface area contributed by atoms with Crippen LogP contribution in [-0.2, 0) is 28.7 Å². The number of carbonyl (C=O) groups excluding carboxylic acids is 4. The molecule has 0 aromatic rings. The number of ether oxygens (including phenoxy) is 2. The molecule has 0 saturated heterocycles. The Morgan fingerprint density at radius 2 is 2.00 bits per heavy atom. The van der Waals surface area contributed by atoms with Crippen LogP contribution in [0, 0.1) is 28.6 Å².